The molecule has 1 aliphatic heterocycles. The zero-order chi connectivity index (χ0) is 18.0. The summed E-state index contributed by atoms with van der Waals surface area (Å²) in [6.45, 7) is 6.04. The Morgan fingerprint density at radius 3 is 2.76 bits per heavy atom. The Kier molecular flexibility index (Phi) is 5.27. The fourth-order valence-electron chi connectivity index (χ4n) is 2.91. The molecule has 1 N–H and O–H groups in total. The highest BCUT2D eigenvalue weighted by Gasteiger charge is 2.26. The number of thioether (sulfide) groups is 1. The summed E-state index contributed by atoms with van der Waals surface area (Å²) < 4.78 is 0. The van der Waals surface area contributed by atoms with E-state index in [1.54, 1.807) is 18.0 Å². The molecule has 1 aliphatic rings. The third-order valence-electron chi connectivity index (χ3n) is 4.41. The van der Waals surface area contributed by atoms with Crippen LogP contribution in [0.3, 0.4) is 0 Å². The van der Waals surface area contributed by atoms with Crippen LogP contribution in [-0.2, 0) is 0 Å². The first-order chi connectivity index (χ1) is 12.0. The number of aromatic nitrogens is 4. The van der Waals surface area contributed by atoms with Crippen molar-refractivity contribution in [2.24, 2.45) is 0 Å². The maximum absolute atomic E-state index is 4.73. The summed E-state index contributed by atoms with van der Waals surface area (Å²) in [7, 11) is 3.89. The predicted molar refractivity (Wildman–Crippen MR) is 104 cm³/mol. The van der Waals surface area contributed by atoms with E-state index in [9.17, 15) is 0 Å². The van der Waals surface area contributed by atoms with E-state index in [1.807, 2.05) is 31.3 Å². The van der Waals surface area contributed by atoms with Crippen LogP contribution in [0.2, 0.25) is 0 Å². The average molecular weight is 360 g/mol. The highest BCUT2D eigenvalue weighted by Crippen LogP contribution is 2.27. The summed E-state index contributed by atoms with van der Waals surface area (Å²) in [4.78, 5) is 22.3. The molecule has 3 heterocycles. The largest absolute Gasteiger partial charge is 0.365 e. The number of nitrogens with one attached hydrogen (secondary N) is 1. The van der Waals surface area contributed by atoms with E-state index < -0.39 is 0 Å². The van der Waals surface area contributed by atoms with Crippen molar-refractivity contribution >= 4 is 29.3 Å². The Hall–Kier alpha value is -2.09. The molecular weight excluding hydrogens is 334 g/mol. The highest BCUT2D eigenvalue weighted by atomic mass is 32.2. The van der Waals surface area contributed by atoms with Gasteiger partial charge in [-0.25, -0.2) is 15.0 Å². The van der Waals surface area contributed by atoms with Crippen molar-refractivity contribution in [2.75, 3.05) is 48.6 Å². The molecule has 0 amide bonds. The van der Waals surface area contributed by atoms with E-state index in [2.05, 4.69) is 39.0 Å². The Morgan fingerprint density at radius 2 is 2.04 bits per heavy atom. The molecule has 7 nitrogen and oxygen atoms in total. The van der Waals surface area contributed by atoms with E-state index in [0.717, 1.165) is 47.6 Å². The third kappa shape index (κ3) is 3.95. The molecule has 1 atom stereocenters. The van der Waals surface area contributed by atoms with Crippen molar-refractivity contribution in [2.45, 2.75) is 31.5 Å². The van der Waals surface area contributed by atoms with Gasteiger partial charge in [-0.15, -0.1) is 0 Å². The Balaban J connectivity index is 1.72. The van der Waals surface area contributed by atoms with Crippen molar-refractivity contribution in [1.29, 1.82) is 0 Å². The normalized spacial score (nSPS) is 17.0. The Morgan fingerprint density at radius 1 is 1.24 bits per heavy atom. The SMILES string of the molecule is CSc1nc(C)c(C)c(N2CCC(Nc3ccnc(N(C)C)n3)C2)n1. The fourth-order valence-corrected chi connectivity index (χ4v) is 3.32. The van der Waals surface area contributed by atoms with Gasteiger partial charge in [-0.2, -0.15) is 4.98 Å². The summed E-state index contributed by atoms with van der Waals surface area (Å²) >= 11 is 1.59. The lowest BCUT2D eigenvalue weighted by Crippen LogP contribution is -2.28. The molecule has 8 heteroatoms. The topological polar surface area (TPSA) is 70.1 Å². The van der Waals surface area contributed by atoms with Crippen molar-refractivity contribution in [3.8, 4) is 0 Å². The van der Waals surface area contributed by atoms with Crippen LogP contribution in [0.15, 0.2) is 17.4 Å². The molecule has 0 bridgehead atoms. The summed E-state index contributed by atoms with van der Waals surface area (Å²) in [5.74, 6) is 2.63. The quantitative estimate of drug-likeness (QED) is 0.644. The van der Waals surface area contributed by atoms with Crippen LogP contribution in [0.25, 0.3) is 0 Å². The zero-order valence-electron chi connectivity index (χ0n) is 15.4. The van der Waals surface area contributed by atoms with Crippen LogP contribution in [0.5, 0.6) is 0 Å². The lowest BCUT2D eigenvalue weighted by molar-refractivity contribution is 0.794. The lowest BCUT2D eigenvalue weighted by Gasteiger charge is -2.21. The number of anilines is 3. The highest BCUT2D eigenvalue weighted by molar-refractivity contribution is 7.98. The van der Waals surface area contributed by atoms with Crippen LogP contribution >= 0.6 is 11.8 Å². The second-order valence-corrected chi connectivity index (χ2v) is 7.23. The van der Waals surface area contributed by atoms with Gasteiger partial charge in [0, 0.05) is 50.7 Å². The average Bonchev–Trinajstić information content (AvgIpc) is 3.05. The summed E-state index contributed by atoms with van der Waals surface area (Å²) in [5, 5.41) is 4.36. The summed E-state index contributed by atoms with van der Waals surface area (Å²) in [6.07, 6.45) is 4.86. The van der Waals surface area contributed by atoms with E-state index in [1.165, 1.54) is 0 Å². The first kappa shape index (κ1) is 17.7. The van der Waals surface area contributed by atoms with Crippen LogP contribution in [0, 0.1) is 13.8 Å². The molecule has 2 aromatic rings. The predicted octanol–water partition coefficient (Wildman–Crippen LogP) is 2.36. The third-order valence-corrected chi connectivity index (χ3v) is 4.96. The van der Waals surface area contributed by atoms with Gasteiger partial charge in [0.1, 0.15) is 11.6 Å². The standard InChI is InChI=1S/C17H25N7S/c1-11-12(2)19-17(25-5)22-15(11)24-9-7-13(10-24)20-14-6-8-18-16(21-14)23(3)4/h6,8,13H,7,9-10H2,1-5H3,(H,18,20,21). The van der Waals surface area contributed by atoms with Crippen LogP contribution in [0.1, 0.15) is 17.7 Å². The number of hydrogen-bond donors (Lipinski definition) is 1. The minimum absolute atomic E-state index is 0.345. The second kappa shape index (κ2) is 7.43. The molecule has 0 spiro atoms. The molecule has 0 aromatic carbocycles. The Labute approximate surface area is 153 Å². The van der Waals surface area contributed by atoms with Gasteiger partial charge in [-0.3, -0.25) is 0 Å². The number of aryl methyl sites for hydroxylation is 1. The van der Waals surface area contributed by atoms with E-state index in [4.69, 9.17) is 4.98 Å². The van der Waals surface area contributed by atoms with Crippen LogP contribution in [-0.4, -0.2) is 59.4 Å². The van der Waals surface area contributed by atoms with Crippen molar-refractivity contribution in [3.63, 3.8) is 0 Å². The van der Waals surface area contributed by atoms with Gasteiger partial charge in [0.25, 0.3) is 0 Å². The molecule has 0 saturated carbocycles. The van der Waals surface area contributed by atoms with Gasteiger partial charge in [0.15, 0.2) is 5.16 Å². The maximum Gasteiger partial charge on any atom is 0.226 e. The van der Waals surface area contributed by atoms with Crippen LogP contribution < -0.4 is 15.1 Å². The molecule has 3 rings (SSSR count). The molecule has 0 radical (unpaired) electrons. The molecule has 0 aliphatic carbocycles. The van der Waals surface area contributed by atoms with Crippen molar-refractivity contribution < 1.29 is 0 Å². The van der Waals surface area contributed by atoms with Gasteiger partial charge in [-0.1, -0.05) is 11.8 Å². The molecule has 2 aromatic heterocycles. The summed E-state index contributed by atoms with van der Waals surface area (Å²) in [6, 6.07) is 2.26. The first-order valence-corrected chi connectivity index (χ1v) is 9.61. The van der Waals surface area contributed by atoms with Crippen molar-refractivity contribution in [1.82, 2.24) is 19.9 Å². The minimum Gasteiger partial charge on any atom is -0.365 e. The zero-order valence-corrected chi connectivity index (χ0v) is 16.3. The smallest absolute Gasteiger partial charge is 0.226 e. The number of nitrogens with zero attached hydrogens (tertiary/aromatic N) is 6. The Bertz CT molecular complexity index is 750. The van der Waals surface area contributed by atoms with E-state index in [0.29, 0.717) is 12.0 Å². The maximum atomic E-state index is 4.73. The minimum atomic E-state index is 0.345. The first-order valence-electron chi connectivity index (χ1n) is 8.39. The molecular formula is C17H25N7S. The number of hydrogen-bond acceptors (Lipinski definition) is 8. The van der Waals surface area contributed by atoms with Gasteiger partial charge in [0.05, 0.1) is 0 Å². The second-order valence-electron chi connectivity index (χ2n) is 6.46. The monoisotopic (exact) mass is 359 g/mol. The van der Waals surface area contributed by atoms with Gasteiger partial charge >= 0.3 is 0 Å². The lowest BCUT2D eigenvalue weighted by atomic mass is 10.2. The van der Waals surface area contributed by atoms with E-state index in [-0.39, 0.29) is 0 Å². The molecule has 1 unspecified atom stereocenters. The molecule has 25 heavy (non-hydrogen) atoms. The van der Waals surface area contributed by atoms with Crippen LogP contribution in [0.4, 0.5) is 17.6 Å². The molecule has 1 saturated heterocycles. The van der Waals surface area contributed by atoms with E-state index >= 15 is 0 Å². The number of rotatable bonds is 5. The summed E-state index contributed by atoms with van der Waals surface area (Å²) in [5.41, 5.74) is 2.22. The van der Waals surface area contributed by atoms with Gasteiger partial charge < -0.3 is 15.1 Å². The van der Waals surface area contributed by atoms with Crippen molar-refractivity contribution in [3.05, 3.63) is 23.5 Å². The van der Waals surface area contributed by atoms with Gasteiger partial charge in [-0.05, 0) is 32.6 Å². The van der Waals surface area contributed by atoms with Gasteiger partial charge in [0.2, 0.25) is 5.95 Å². The molecule has 1 fully saturated rings. The molecule has 134 valence electrons. The fraction of sp³-hybridized carbons (Fsp3) is 0.529.